The number of nitrogens with zero attached hydrogens (tertiary/aromatic N) is 2. The Labute approximate surface area is 148 Å². The van der Waals surface area contributed by atoms with Crippen LogP contribution < -0.4 is 4.90 Å². The summed E-state index contributed by atoms with van der Waals surface area (Å²) >= 11 is 0. The minimum atomic E-state index is 0.479. The van der Waals surface area contributed by atoms with Crippen molar-refractivity contribution in [2.75, 3.05) is 24.5 Å². The molecule has 2 heteroatoms. The van der Waals surface area contributed by atoms with E-state index in [1.807, 2.05) is 0 Å². The summed E-state index contributed by atoms with van der Waals surface area (Å²) in [7, 11) is 0. The lowest BCUT2D eigenvalue weighted by atomic mass is 9.74. The third-order valence-electron chi connectivity index (χ3n) is 7.37. The normalized spacial score (nSPS) is 30.5. The van der Waals surface area contributed by atoms with E-state index in [2.05, 4.69) is 54.0 Å². The van der Waals surface area contributed by atoms with Crippen LogP contribution in [0.25, 0.3) is 0 Å². The van der Waals surface area contributed by atoms with Gasteiger partial charge in [0.2, 0.25) is 0 Å². The molecule has 2 aliphatic heterocycles. The molecule has 1 aliphatic carbocycles. The summed E-state index contributed by atoms with van der Waals surface area (Å²) in [4.78, 5) is 5.53. The molecule has 3 aliphatic rings. The molecule has 24 heavy (non-hydrogen) atoms. The van der Waals surface area contributed by atoms with Crippen LogP contribution in [0, 0.1) is 11.8 Å². The zero-order valence-corrected chi connectivity index (χ0v) is 15.6. The predicted molar refractivity (Wildman–Crippen MR) is 103 cm³/mol. The van der Waals surface area contributed by atoms with Gasteiger partial charge in [-0.05, 0) is 68.9 Å². The van der Waals surface area contributed by atoms with Crippen LogP contribution in [-0.4, -0.2) is 36.1 Å². The van der Waals surface area contributed by atoms with Gasteiger partial charge in [-0.2, -0.15) is 0 Å². The van der Waals surface area contributed by atoms with Crippen LogP contribution in [0.15, 0.2) is 30.3 Å². The van der Waals surface area contributed by atoms with E-state index in [1.165, 1.54) is 70.3 Å². The maximum absolute atomic E-state index is 2.84. The zero-order valence-electron chi connectivity index (χ0n) is 15.6. The molecule has 0 amide bonds. The summed E-state index contributed by atoms with van der Waals surface area (Å²) < 4.78 is 0. The first kappa shape index (κ1) is 16.4. The first-order chi connectivity index (χ1) is 11.7. The summed E-state index contributed by atoms with van der Waals surface area (Å²) in [6.45, 7) is 8.71. The van der Waals surface area contributed by atoms with Gasteiger partial charge in [0.05, 0.1) is 0 Å². The van der Waals surface area contributed by atoms with Gasteiger partial charge in [-0.1, -0.05) is 32.0 Å². The van der Waals surface area contributed by atoms with Gasteiger partial charge in [-0.3, -0.25) is 0 Å². The second kappa shape index (κ2) is 6.71. The quantitative estimate of drug-likeness (QED) is 0.776. The first-order valence-electron chi connectivity index (χ1n) is 10.2. The fourth-order valence-corrected chi connectivity index (χ4v) is 5.51. The van der Waals surface area contributed by atoms with Crippen molar-refractivity contribution in [3.05, 3.63) is 30.3 Å². The third kappa shape index (κ3) is 2.98. The van der Waals surface area contributed by atoms with E-state index in [-0.39, 0.29) is 0 Å². The smallest absolute Gasteiger partial charge is 0.0443 e. The molecule has 0 bridgehead atoms. The SMILES string of the molecule is CC(C)C1CCC(N2CCC3(CC2)CCN3c2ccccc2)CC1. The summed E-state index contributed by atoms with van der Waals surface area (Å²) in [5.74, 6) is 1.86. The van der Waals surface area contributed by atoms with Gasteiger partial charge in [0.25, 0.3) is 0 Å². The lowest BCUT2D eigenvalue weighted by Crippen LogP contribution is -2.65. The fraction of sp³-hybridized carbons (Fsp3) is 0.727. The minimum Gasteiger partial charge on any atom is -0.366 e. The van der Waals surface area contributed by atoms with Gasteiger partial charge in [0.15, 0.2) is 0 Å². The number of anilines is 1. The number of hydrogen-bond donors (Lipinski definition) is 0. The molecule has 0 aromatic heterocycles. The molecule has 4 rings (SSSR count). The third-order valence-corrected chi connectivity index (χ3v) is 7.37. The van der Waals surface area contributed by atoms with Crippen molar-refractivity contribution < 1.29 is 0 Å². The number of hydrogen-bond acceptors (Lipinski definition) is 2. The van der Waals surface area contributed by atoms with Crippen molar-refractivity contribution in [1.82, 2.24) is 4.90 Å². The van der Waals surface area contributed by atoms with E-state index in [0.717, 1.165) is 17.9 Å². The second-order valence-corrected chi connectivity index (χ2v) is 8.81. The molecule has 0 N–H and O–H groups in total. The summed E-state index contributed by atoms with van der Waals surface area (Å²) in [5, 5.41) is 0. The highest BCUT2D eigenvalue weighted by atomic mass is 15.3. The largest absolute Gasteiger partial charge is 0.366 e. The number of likely N-dealkylation sites (tertiary alicyclic amines) is 1. The van der Waals surface area contributed by atoms with Crippen molar-refractivity contribution >= 4 is 5.69 Å². The molecule has 1 aromatic carbocycles. The Hall–Kier alpha value is -1.02. The maximum atomic E-state index is 2.84. The summed E-state index contributed by atoms with van der Waals surface area (Å²) in [5.41, 5.74) is 1.92. The van der Waals surface area contributed by atoms with Crippen molar-refractivity contribution in [1.29, 1.82) is 0 Å². The number of piperidine rings is 1. The van der Waals surface area contributed by atoms with Gasteiger partial charge < -0.3 is 9.80 Å². The van der Waals surface area contributed by atoms with Crippen LogP contribution in [-0.2, 0) is 0 Å². The molecule has 0 atom stereocenters. The van der Waals surface area contributed by atoms with Crippen LogP contribution in [0.2, 0.25) is 0 Å². The molecule has 0 unspecified atom stereocenters. The van der Waals surface area contributed by atoms with Gasteiger partial charge in [0, 0.05) is 36.9 Å². The van der Waals surface area contributed by atoms with Crippen molar-refractivity contribution in [3.8, 4) is 0 Å². The molecular formula is C22H34N2. The average Bonchev–Trinajstić information content (AvgIpc) is 2.62. The highest BCUT2D eigenvalue weighted by Crippen LogP contribution is 2.44. The van der Waals surface area contributed by atoms with Gasteiger partial charge >= 0.3 is 0 Å². The van der Waals surface area contributed by atoms with E-state index in [4.69, 9.17) is 0 Å². The highest BCUT2D eigenvalue weighted by molar-refractivity contribution is 5.52. The van der Waals surface area contributed by atoms with E-state index in [1.54, 1.807) is 0 Å². The summed E-state index contributed by atoms with van der Waals surface area (Å²) in [6, 6.07) is 12.0. The Morgan fingerprint density at radius 3 is 2.04 bits per heavy atom. The maximum Gasteiger partial charge on any atom is 0.0443 e. The van der Waals surface area contributed by atoms with E-state index in [0.29, 0.717) is 5.54 Å². The number of benzene rings is 1. The lowest BCUT2D eigenvalue weighted by Gasteiger charge is -2.58. The molecule has 1 aromatic rings. The number of para-hydroxylation sites is 1. The lowest BCUT2D eigenvalue weighted by molar-refractivity contribution is 0.0580. The standard InChI is InChI=1S/C22H34N2/c1-18(2)19-8-10-20(11-9-19)23-15-12-22(13-16-23)14-17-24(22)21-6-4-3-5-7-21/h3-7,18-20H,8-17H2,1-2H3. The molecule has 132 valence electrons. The Morgan fingerprint density at radius 2 is 1.50 bits per heavy atom. The average molecular weight is 327 g/mol. The molecule has 1 spiro atoms. The van der Waals surface area contributed by atoms with Crippen LogP contribution in [0.1, 0.15) is 58.8 Å². The van der Waals surface area contributed by atoms with Gasteiger partial charge in [-0.15, -0.1) is 0 Å². The molecule has 3 fully saturated rings. The fourth-order valence-electron chi connectivity index (χ4n) is 5.51. The Bertz CT molecular complexity index is 522. The van der Waals surface area contributed by atoms with E-state index >= 15 is 0 Å². The summed E-state index contributed by atoms with van der Waals surface area (Å²) in [6.07, 6.45) is 9.94. The molecule has 2 nitrogen and oxygen atoms in total. The number of rotatable bonds is 3. The van der Waals surface area contributed by atoms with Gasteiger partial charge in [-0.25, -0.2) is 0 Å². The minimum absolute atomic E-state index is 0.479. The molecule has 2 saturated heterocycles. The Morgan fingerprint density at radius 1 is 0.875 bits per heavy atom. The van der Waals surface area contributed by atoms with Gasteiger partial charge in [0.1, 0.15) is 0 Å². The zero-order chi connectivity index (χ0) is 16.6. The predicted octanol–water partition coefficient (Wildman–Crippen LogP) is 4.95. The van der Waals surface area contributed by atoms with Crippen LogP contribution in [0.3, 0.4) is 0 Å². The van der Waals surface area contributed by atoms with Crippen LogP contribution in [0.4, 0.5) is 5.69 Å². The van der Waals surface area contributed by atoms with E-state index in [9.17, 15) is 0 Å². The van der Waals surface area contributed by atoms with Crippen molar-refractivity contribution in [2.24, 2.45) is 11.8 Å². The van der Waals surface area contributed by atoms with E-state index < -0.39 is 0 Å². The topological polar surface area (TPSA) is 6.48 Å². The Kier molecular flexibility index (Phi) is 4.60. The first-order valence-corrected chi connectivity index (χ1v) is 10.2. The second-order valence-electron chi connectivity index (χ2n) is 8.81. The molecular weight excluding hydrogens is 292 g/mol. The highest BCUT2D eigenvalue weighted by Gasteiger charge is 2.47. The van der Waals surface area contributed by atoms with Crippen molar-refractivity contribution in [2.45, 2.75) is 70.4 Å². The Balaban J connectivity index is 1.33. The molecule has 0 radical (unpaired) electrons. The van der Waals surface area contributed by atoms with Crippen molar-refractivity contribution in [3.63, 3.8) is 0 Å². The monoisotopic (exact) mass is 326 g/mol. The molecule has 1 saturated carbocycles. The molecule has 2 heterocycles. The van der Waals surface area contributed by atoms with Crippen LogP contribution >= 0.6 is 0 Å². The van der Waals surface area contributed by atoms with Crippen LogP contribution in [0.5, 0.6) is 0 Å².